The molecule has 0 bridgehead atoms. The number of halogens is 2. The van der Waals surface area contributed by atoms with E-state index in [-0.39, 0.29) is 5.78 Å². The Bertz CT molecular complexity index is 620. The van der Waals surface area contributed by atoms with Gasteiger partial charge in [-0.2, -0.15) is 5.10 Å². The Kier molecular flexibility index (Phi) is 4.27. The van der Waals surface area contributed by atoms with E-state index >= 15 is 0 Å². The van der Waals surface area contributed by atoms with Gasteiger partial charge in [0.2, 0.25) is 0 Å². The van der Waals surface area contributed by atoms with E-state index in [1.54, 1.807) is 23.9 Å². The number of aryl methyl sites for hydroxylation is 2. The molecule has 1 aromatic carbocycles. The minimum absolute atomic E-state index is 0.0975. The van der Waals surface area contributed by atoms with Gasteiger partial charge in [0, 0.05) is 30.5 Å². The van der Waals surface area contributed by atoms with Crippen molar-refractivity contribution in [2.24, 2.45) is 7.05 Å². The largest absolute Gasteiger partial charge is 0.299 e. The first-order chi connectivity index (χ1) is 8.97. The Hall–Kier alpha value is -1.32. The highest BCUT2D eigenvalue weighted by Gasteiger charge is 2.15. The zero-order valence-electron chi connectivity index (χ0n) is 10.8. The molecule has 0 atom stereocenters. The summed E-state index contributed by atoms with van der Waals surface area (Å²) in [5.41, 5.74) is 2.51. The van der Waals surface area contributed by atoms with Crippen molar-refractivity contribution in [2.45, 2.75) is 19.8 Å². The maximum absolute atomic E-state index is 12.1. The standard InChI is InChI=1S/C14H14Cl2N2O/c1-9-13(14(16)18(2)17-9)8-12(19)7-10-4-3-5-11(15)6-10/h3-6H,7-8H2,1-2H3. The molecule has 2 rings (SSSR count). The first kappa shape index (κ1) is 14.1. The van der Waals surface area contributed by atoms with Gasteiger partial charge in [-0.15, -0.1) is 0 Å². The zero-order chi connectivity index (χ0) is 14.0. The number of aromatic nitrogens is 2. The summed E-state index contributed by atoms with van der Waals surface area (Å²) in [5, 5.41) is 5.36. The van der Waals surface area contributed by atoms with E-state index in [1.807, 2.05) is 19.1 Å². The van der Waals surface area contributed by atoms with Gasteiger partial charge in [-0.3, -0.25) is 9.48 Å². The highest BCUT2D eigenvalue weighted by Crippen LogP contribution is 2.20. The van der Waals surface area contributed by atoms with Crippen molar-refractivity contribution < 1.29 is 4.79 Å². The molecule has 0 amide bonds. The Labute approximate surface area is 122 Å². The average molecular weight is 297 g/mol. The molecule has 0 radical (unpaired) electrons. The molecule has 1 aromatic heterocycles. The van der Waals surface area contributed by atoms with Gasteiger partial charge in [-0.25, -0.2) is 0 Å². The van der Waals surface area contributed by atoms with Gasteiger partial charge < -0.3 is 0 Å². The Morgan fingerprint density at radius 2 is 2.05 bits per heavy atom. The van der Waals surface area contributed by atoms with Crippen molar-refractivity contribution in [1.82, 2.24) is 9.78 Å². The lowest BCUT2D eigenvalue weighted by molar-refractivity contribution is -0.117. The molecule has 0 aliphatic rings. The van der Waals surface area contributed by atoms with Gasteiger partial charge in [0.15, 0.2) is 0 Å². The Morgan fingerprint density at radius 1 is 1.32 bits per heavy atom. The van der Waals surface area contributed by atoms with Crippen LogP contribution < -0.4 is 0 Å². The van der Waals surface area contributed by atoms with Gasteiger partial charge in [0.25, 0.3) is 0 Å². The van der Waals surface area contributed by atoms with Gasteiger partial charge in [0.1, 0.15) is 10.9 Å². The lowest BCUT2D eigenvalue weighted by Crippen LogP contribution is -2.07. The number of hydrogen-bond acceptors (Lipinski definition) is 2. The number of ketones is 1. The van der Waals surface area contributed by atoms with E-state index in [0.29, 0.717) is 23.0 Å². The van der Waals surface area contributed by atoms with Crippen LogP contribution in [-0.4, -0.2) is 15.6 Å². The number of Topliss-reactive ketones (excluding diaryl/α,β-unsaturated/α-hetero) is 1. The monoisotopic (exact) mass is 296 g/mol. The normalized spacial score (nSPS) is 10.7. The van der Waals surface area contributed by atoms with Crippen molar-refractivity contribution in [3.63, 3.8) is 0 Å². The summed E-state index contributed by atoms with van der Waals surface area (Å²) in [6.45, 7) is 1.86. The van der Waals surface area contributed by atoms with E-state index < -0.39 is 0 Å². The highest BCUT2D eigenvalue weighted by molar-refractivity contribution is 6.31. The van der Waals surface area contributed by atoms with Crippen molar-refractivity contribution in [1.29, 1.82) is 0 Å². The van der Waals surface area contributed by atoms with Crippen molar-refractivity contribution >= 4 is 29.0 Å². The fraction of sp³-hybridized carbons (Fsp3) is 0.286. The van der Waals surface area contributed by atoms with Gasteiger partial charge in [0.05, 0.1) is 5.69 Å². The zero-order valence-corrected chi connectivity index (χ0v) is 12.3. The van der Waals surface area contributed by atoms with Crippen LogP contribution in [0, 0.1) is 6.92 Å². The topological polar surface area (TPSA) is 34.9 Å². The summed E-state index contributed by atoms with van der Waals surface area (Å²) < 4.78 is 1.58. The van der Waals surface area contributed by atoms with E-state index in [0.717, 1.165) is 16.8 Å². The molecule has 0 saturated carbocycles. The maximum atomic E-state index is 12.1. The third-order valence-corrected chi connectivity index (χ3v) is 3.64. The van der Waals surface area contributed by atoms with Crippen LogP contribution in [0.15, 0.2) is 24.3 Å². The summed E-state index contributed by atoms with van der Waals surface area (Å²) >= 11 is 12.0. The van der Waals surface area contributed by atoms with Crippen LogP contribution in [0.1, 0.15) is 16.8 Å². The van der Waals surface area contributed by atoms with Gasteiger partial charge in [-0.1, -0.05) is 35.3 Å². The molecule has 0 aliphatic heterocycles. The van der Waals surface area contributed by atoms with Crippen LogP contribution in [-0.2, 0) is 24.7 Å². The molecule has 0 fully saturated rings. The molecular weight excluding hydrogens is 283 g/mol. The maximum Gasteiger partial charge on any atom is 0.141 e. The van der Waals surface area contributed by atoms with Crippen LogP contribution in [0.5, 0.6) is 0 Å². The SMILES string of the molecule is Cc1nn(C)c(Cl)c1CC(=O)Cc1cccc(Cl)c1. The molecule has 2 aromatic rings. The summed E-state index contributed by atoms with van der Waals surface area (Å²) in [6, 6.07) is 7.32. The first-order valence-electron chi connectivity index (χ1n) is 5.91. The van der Waals surface area contributed by atoms with Crippen LogP contribution in [0.3, 0.4) is 0 Å². The molecule has 0 saturated heterocycles. The molecule has 0 unspecified atom stereocenters. The first-order valence-corrected chi connectivity index (χ1v) is 6.67. The van der Waals surface area contributed by atoms with Gasteiger partial charge >= 0.3 is 0 Å². The van der Waals surface area contributed by atoms with E-state index in [4.69, 9.17) is 23.2 Å². The quantitative estimate of drug-likeness (QED) is 0.867. The van der Waals surface area contributed by atoms with Crippen LogP contribution in [0.2, 0.25) is 10.2 Å². The summed E-state index contributed by atoms with van der Waals surface area (Å²) in [6.07, 6.45) is 0.649. The molecule has 5 heteroatoms. The second-order valence-corrected chi connectivity index (χ2v) is 5.29. The summed E-state index contributed by atoms with van der Waals surface area (Å²) in [7, 11) is 1.76. The van der Waals surface area contributed by atoms with Crippen molar-refractivity contribution in [2.75, 3.05) is 0 Å². The third kappa shape index (κ3) is 3.37. The summed E-state index contributed by atoms with van der Waals surface area (Å²) in [5.74, 6) is 0.0975. The van der Waals surface area contributed by atoms with Crippen molar-refractivity contribution in [3.05, 3.63) is 51.3 Å². The third-order valence-electron chi connectivity index (χ3n) is 2.93. The summed E-state index contributed by atoms with van der Waals surface area (Å²) in [4.78, 5) is 12.1. The molecule has 0 aliphatic carbocycles. The smallest absolute Gasteiger partial charge is 0.141 e. The van der Waals surface area contributed by atoms with Crippen molar-refractivity contribution in [3.8, 4) is 0 Å². The number of carbonyl (C=O) groups excluding carboxylic acids is 1. The molecule has 0 N–H and O–H groups in total. The van der Waals surface area contributed by atoms with Crippen LogP contribution >= 0.6 is 23.2 Å². The van der Waals surface area contributed by atoms with E-state index in [1.165, 1.54) is 0 Å². The van der Waals surface area contributed by atoms with Gasteiger partial charge in [-0.05, 0) is 24.6 Å². The molecule has 3 nitrogen and oxygen atoms in total. The second-order valence-electron chi connectivity index (χ2n) is 4.50. The molecule has 0 spiro atoms. The molecule has 1 heterocycles. The Morgan fingerprint density at radius 3 is 2.63 bits per heavy atom. The molecular formula is C14H14Cl2N2O. The number of benzene rings is 1. The predicted molar refractivity (Wildman–Crippen MR) is 76.8 cm³/mol. The van der Waals surface area contributed by atoms with E-state index in [9.17, 15) is 4.79 Å². The van der Waals surface area contributed by atoms with Crippen LogP contribution in [0.4, 0.5) is 0 Å². The number of rotatable bonds is 4. The fourth-order valence-electron chi connectivity index (χ4n) is 2.01. The van der Waals surface area contributed by atoms with Crippen LogP contribution in [0.25, 0.3) is 0 Å². The minimum Gasteiger partial charge on any atom is -0.299 e. The Balaban J connectivity index is 2.09. The lowest BCUT2D eigenvalue weighted by Gasteiger charge is -2.02. The predicted octanol–water partition coefficient (Wildman–Crippen LogP) is 3.39. The molecule has 100 valence electrons. The second kappa shape index (κ2) is 5.76. The fourth-order valence-corrected chi connectivity index (χ4v) is 2.46. The lowest BCUT2D eigenvalue weighted by atomic mass is 10.0. The van der Waals surface area contributed by atoms with E-state index in [2.05, 4.69) is 5.10 Å². The number of carbonyl (C=O) groups is 1. The highest BCUT2D eigenvalue weighted by atomic mass is 35.5. The average Bonchev–Trinajstić information content (AvgIpc) is 2.56. The minimum atomic E-state index is 0.0975. The molecule has 19 heavy (non-hydrogen) atoms. The number of nitrogens with zero attached hydrogens (tertiary/aromatic N) is 2. The number of hydrogen-bond donors (Lipinski definition) is 0.